The summed E-state index contributed by atoms with van der Waals surface area (Å²) in [5.41, 5.74) is 0. The van der Waals surface area contributed by atoms with Crippen molar-refractivity contribution in [2.45, 2.75) is 46.7 Å². The molecule has 0 aliphatic rings. The van der Waals surface area contributed by atoms with Gasteiger partial charge in [-0.05, 0) is 26.3 Å². The highest BCUT2D eigenvalue weighted by molar-refractivity contribution is 4.76. The van der Waals surface area contributed by atoms with Crippen molar-refractivity contribution in [1.82, 2.24) is 10.2 Å². The van der Waals surface area contributed by atoms with Crippen LogP contribution in [-0.4, -0.2) is 50.3 Å². The van der Waals surface area contributed by atoms with Crippen LogP contribution in [0.1, 0.15) is 34.6 Å². The average molecular weight is 230 g/mol. The maximum atomic E-state index is 5.16. The quantitative estimate of drug-likeness (QED) is 0.655. The molecule has 0 saturated heterocycles. The van der Waals surface area contributed by atoms with E-state index in [1.54, 1.807) is 7.11 Å². The molecule has 0 aromatic carbocycles. The molecule has 0 aromatic heterocycles. The van der Waals surface area contributed by atoms with Gasteiger partial charge in [0, 0.05) is 32.3 Å². The molecule has 0 rings (SSSR count). The average Bonchev–Trinajstić information content (AvgIpc) is 2.21. The molecule has 1 unspecified atom stereocenters. The summed E-state index contributed by atoms with van der Waals surface area (Å²) in [6.07, 6.45) is 0. The van der Waals surface area contributed by atoms with E-state index >= 15 is 0 Å². The second kappa shape index (κ2) is 8.97. The molecule has 0 saturated carbocycles. The maximum Gasteiger partial charge on any atom is 0.0589 e. The zero-order valence-corrected chi connectivity index (χ0v) is 11.9. The van der Waals surface area contributed by atoms with Crippen LogP contribution < -0.4 is 5.32 Å². The van der Waals surface area contributed by atoms with Crippen LogP contribution in [0.15, 0.2) is 0 Å². The number of rotatable bonds is 9. The van der Waals surface area contributed by atoms with Crippen LogP contribution in [-0.2, 0) is 4.74 Å². The first-order valence-electron chi connectivity index (χ1n) is 6.49. The van der Waals surface area contributed by atoms with Crippen molar-refractivity contribution < 1.29 is 4.74 Å². The molecule has 0 bridgehead atoms. The molecule has 0 heterocycles. The van der Waals surface area contributed by atoms with Crippen LogP contribution >= 0.6 is 0 Å². The monoisotopic (exact) mass is 230 g/mol. The van der Waals surface area contributed by atoms with Crippen LogP contribution in [0.3, 0.4) is 0 Å². The molecule has 98 valence electrons. The SMILES string of the molecule is CCNC(CN(CCOC)C(C)C)C(C)C. The standard InChI is InChI=1S/C13H30N2O/c1-7-14-13(11(2)3)10-15(12(4)5)8-9-16-6/h11-14H,7-10H2,1-6H3. The molecule has 0 amide bonds. The van der Waals surface area contributed by atoms with Gasteiger partial charge in [-0.1, -0.05) is 20.8 Å². The summed E-state index contributed by atoms with van der Waals surface area (Å²) in [7, 11) is 1.77. The number of nitrogens with zero attached hydrogens (tertiary/aromatic N) is 1. The van der Waals surface area contributed by atoms with Crippen LogP contribution in [0.4, 0.5) is 0 Å². The number of nitrogens with one attached hydrogen (secondary N) is 1. The lowest BCUT2D eigenvalue weighted by atomic mass is 10.0. The topological polar surface area (TPSA) is 24.5 Å². The smallest absolute Gasteiger partial charge is 0.0589 e. The van der Waals surface area contributed by atoms with Gasteiger partial charge in [-0.3, -0.25) is 4.90 Å². The summed E-state index contributed by atoms with van der Waals surface area (Å²) in [5, 5.41) is 3.56. The van der Waals surface area contributed by atoms with E-state index in [0.29, 0.717) is 18.0 Å². The molecule has 3 nitrogen and oxygen atoms in total. The first-order chi connectivity index (χ1) is 7.52. The zero-order chi connectivity index (χ0) is 12.6. The van der Waals surface area contributed by atoms with Crippen LogP contribution in [0.2, 0.25) is 0 Å². The summed E-state index contributed by atoms with van der Waals surface area (Å²) >= 11 is 0. The Hall–Kier alpha value is -0.120. The number of methoxy groups -OCH3 is 1. The Kier molecular flexibility index (Phi) is 8.90. The van der Waals surface area contributed by atoms with Crippen molar-refractivity contribution in [2.24, 2.45) is 5.92 Å². The van der Waals surface area contributed by atoms with E-state index in [1.807, 2.05) is 0 Å². The molecule has 0 fully saturated rings. The van der Waals surface area contributed by atoms with E-state index in [4.69, 9.17) is 4.74 Å². The third-order valence-electron chi connectivity index (χ3n) is 3.02. The van der Waals surface area contributed by atoms with Gasteiger partial charge in [0.05, 0.1) is 6.61 Å². The van der Waals surface area contributed by atoms with Gasteiger partial charge in [0.15, 0.2) is 0 Å². The zero-order valence-electron chi connectivity index (χ0n) is 11.9. The fourth-order valence-electron chi connectivity index (χ4n) is 1.79. The van der Waals surface area contributed by atoms with Crippen molar-refractivity contribution in [2.75, 3.05) is 33.4 Å². The second-order valence-electron chi connectivity index (χ2n) is 4.99. The van der Waals surface area contributed by atoms with E-state index in [9.17, 15) is 0 Å². The molecule has 1 atom stereocenters. The molecular weight excluding hydrogens is 200 g/mol. The van der Waals surface area contributed by atoms with Gasteiger partial charge in [-0.15, -0.1) is 0 Å². The fourth-order valence-corrected chi connectivity index (χ4v) is 1.79. The molecule has 0 aliphatic carbocycles. The van der Waals surface area contributed by atoms with Gasteiger partial charge < -0.3 is 10.1 Å². The Labute approximate surface area is 102 Å². The summed E-state index contributed by atoms with van der Waals surface area (Å²) < 4.78 is 5.16. The van der Waals surface area contributed by atoms with Gasteiger partial charge in [-0.25, -0.2) is 0 Å². The van der Waals surface area contributed by atoms with Crippen molar-refractivity contribution in [3.8, 4) is 0 Å². The summed E-state index contributed by atoms with van der Waals surface area (Å²) in [6, 6.07) is 1.15. The summed E-state index contributed by atoms with van der Waals surface area (Å²) in [4.78, 5) is 2.48. The van der Waals surface area contributed by atoms with Crippen molar-refractivity contribution in [3.63, 3.8) is 0 Å². The highest BCUT2D eigenvalue weighted by Gasteiger charge is 2.18. The molecule has 1 N–H and O–H groups in total. The predicted octanol–water partition coefficient (Wildman–Crippen LogP) is 1.98. The Morgan fingerprint density at radius 2 is 1.81 bits per heavy atom. The number of ether oxygens (including phenoxy) is 1. The Morgan fingerprint density at radius 3 is 2.19 bits per heavy atom. The van der Waals surface area contributed by atoms with E-state index in [2.05, 4.69) is 44.8 Å². The number of likely N-dealkylation sites (N-methyl/N-ethyl adjacent to an activating group) is 1. The molecule has 0 aliphatic heterocycles. The molecule has 0 aromatic rings. The minimum Gasteiger partial charge on any atom is -0.383 e. The maximum absolute atomic E-state index is 5.16. The Bertz CT molecular complexity index is 160. The van der Waals surface area contributed by atoms with Crippen LogP contribution in [0.25, 0.3) is 0 Å². The number of hydrogen-bond acceptors (Lipinski definition) is 3. The third-order valence-corrected chi connectivity index (χ3v) is 3.02. The fraction of sp³-hybridized carbons (Fsp3) is 1.00. The molecule has 0 radical (unpaired) electrons. The van der Waals surface area contributed by atoms with Crippen LogP contribution in [0.5, 0.6) is 0 Å². The minimum absolute atomic E-state index is 0.573. The largest absolute Gasteiger partial charge is 0.383 e. The molecule has 3 heteroatoms. The van der Waals surface area contributed by atoms with Gasteiger partial charge in [-0.2, -0.15) is 0 Å². The van der Waals surface area contributed by atoms with Crippen molar-refractivity contribution >= 4 is 0 Å². The van der Waals surface area contributed by atoms with Crippen molar-refractivity contribution in [1.29, 1.82) is 0 Å². The lowest BCUT2D eigenvalue weighted by Gasteiger charge is -2.32. The van der Waals surface area contributed by atoms with Gasteiger partial charge in [0.25, 0.3) is 0 Å². The third kappa shape index (κ3) is 6.46. The molecule has 0 spiro atoms. The summed E-state index contributed by atoms with van der Waals surface area (Å²) in [5.74, 6) is 0.670. The van der Waals surface area contributed by atoms with Crippen molar-refractivity contribution in [3.05, 3.63) is 0 Å². The highest BCUT2D eigenvalue weighted by Crippen LogP contribution is 2.07. The minimum atomic E-state index is 0.573. The van der Waals surface area contributed by atoms with Gasteiger partial charge >= 0.3 is 0 Å². The van der Waals surface area contributed by atoms with E-state index in [0.717, 1.165) is 26.2 Å². The normalized spacial score (nSPS) is 14.1. The van der Waals surface area contributed by atoms with Gasteiger partial charge in [0.2, 0.25) is 0 Å². The highest BCUT2D eigenvalue weighted by atomic mass is 16.5. The Balaban J connectivity index is 4.21. The van der Waals surface area contributed by atoms with E-state index < -0.39 is 0 Å². The molecule has 16 heavy (non-hydrogen) atoms. The second-order valence-corrected chi connectivity index (χ2v) is 4.99. The van der Waals surface area contributed by atoms with Crippen LogP contribution in [0, 0.1) is 5.92 Å². The van der Waals surface area contributed by atoms with E-state index in [-0.39, 0.29) is 0 Å². The lowest BCUT2D eigenvalue weighted by Crippen LogP contribution is -2.47. The first-order valence-corrected chi connectivity index (χ1v) is 6.49. The number of hydrogen-bond donors (Lipinski definition) is 1. The molecular formula is C13H30N2O. The Morgan fingerprint density at radius 1 is 1.19 bits per heavy atom. The van der Waals surface area contributed by atoms with Gasteiger partial charge in [0.1, 0.15) is 0 Å². The lowest BCUT2D eigenvalue weighted by molar-refractivity contribution is 0.115. The summed E-state index contributed by atoms with van der Waals surface area (Å²) in [6.45, 7) is 15.2. The predicted molar refractivity (Wildman–Crippen MR) is 70.9 cm³/mol. The van der Waals surface area contributed by atoms with E-state index in [1.165, 1.54) is 0 Å². The first kappa shape index (κ1) is 15.9.